The smallest absolute Gasteiger partial charge is 0.391 e. The van der Waals surface area contributed by atoms with E-state index in [0.29, 0.717) is 5.56 Å². The number of rotatable bonds is 7. The van der Waals surface area contributed by atoms with Crippen molar-refractivity contribution >= 4 is 39.1 Å². The SMILES string of the molecule is Cc1ccc(F)c(C(C)[C@H](NS(=O)(=O)c2ccc(Cl)cc2C(N)=O)c2n[nH]c(=O)o2)c1Cl. The van der Waals surface area contributed by atoms with Crippen molar-refractivity contribution in [1.82, 2.24) is 14.9 Å². The number of nitrogens with zero attached hydrogens (tertiary/aromatic N) is 1. The second-order valence-electron chi connectivity index (χ2n) is 6.94. The minimum Gasteiger partial charge on any atom is -0.391 e. The van der Waals surface area contributed by atoms with Crippen molar-refractivity contribution in [3.8, 4) is 0 Å². The van der Waals surface area contributed by atoms with Crippen LogP contribution in [0.25, 0.3) is 0 Å². The van der Waals surface area contributed by atoms with Crippen LogP contribution in [0.2, 0.25) is 10.0 Å². The number of carbonyl (C=O) groups excluding carboxylic acids is 1. The van der Waals surface area contributed by atoms with Crippen molar-refractivity contribution < 1.29 is 22.0 Å². The van der Waals surface area contributed by atoms with Gasteiger partial charge >= 0.3 is 5.76 Å². The van der Waals surface area contributed by atoms with Gasteiger partial charge < -0.3 is 10.2 Å². The Balaban J connectivity index is 2.14. The molecule has 1 aromatic heterocycles. The lowest BCUT2D eigenvalue weighted by molar-refractivity contribution is 0.0997. The molecule has 32 heavy (non-hydrogen) atoms. The molecule has 0 fully saturated rings. The van der Waals surface area contributed by atoms with Gasteiger partial charge in [-0.3, -0.25) is 4.79 Å². The first-order valence-corrected chi connectivity index (χ1v) is 11.3. The molecule has 9 nitrogen and oxygen atoms in total. The van der Waals surface area contributed by atoms with Crippen molar-refractivity contribution in [2.45, 2.75) is 30.7 Å². The normalized spacial score (nSPS) is 13.7. The molecule has 0 saturated heterocycles. The molecule has 2 atom stereocenters. The molecule has 3 aromatic rings. The molecule has 0 spiro atoms. The summed E-state index contributed by atoms with van der Waals surface area (Å²) in [7, 11) is -4.47. The molecule has 13 heteroatoms. The van der Waals surface area contributed by atoms with Crippen LogP contribution in [-0.2, 0) is 10.0 Å². The monoisotopic (exact) mass is 502 g/mol. The number of hydrogen-bond acceptors (Lipinski definition) is 6. The Morgan fingerprint density at radius 3 is 2.56 bits per heavy atom. The van der Waals surface area contributed by atoms with Crippen LogP contribution in [0.15, 0.2) is 44.4 Å². The number of H-pyrrole nitrogens is 1. The molecule has 0 aliphatic heterocycles. The highest BCUT2D eigenvalue weighted by Crippen LogP contribution is 2.38. The fourth-order valence-corrected chi connectivity index (χ4v) is 5.12. The molecule has 0 aliphatic carbocycles. The van der Waals surface area contributed by atoms with Crippen LogP contribution >= 0.6 is 23.2 Å². The van der Waals surface area contributed by atoms with Gasteiger partial charge in [-0.05, 0) is 36.8 Å². The lowest BCUT2D eigenvalue weighted by Crippen LogP contribution is -2.34. The van der Waals surface area contributed by atoms with E-state index in [1.807, 2.05) is 5.10 Å². The number of amides is 1. The number of nitrogens with one attached hydrogen (secondary N) is 2. The maximum absolute atomic E-state index is 14.7. The highest BCUT2D eigenvalue weighted by atomic mass is 35.5. The first-order chi connectivity index (χ1) is 14.9. The van der Waals surface area contributed by atoms with E-state index >= 15 is 0 Å². The fraction of sp³-hybridized carbons (Fsp3) is 0.211. The van der Waals surface area contributed by atoms with Gasteiger partial charge in [0.1, 0.15) is 11.9 Å². The van der Waals surface area contributed by atoms with Gasteiger partial charge in [0.05, 0.1) is 10.5 Å². The first kappa shape index (κ1) is 23.9. The summed E-state index contributed by atoms with van der Waals surface area (Å²) in [6, 6.07) is 4.71. The molecule has 1 heterocycles. The number of hydrogen-bond donors (Lipinski definition) is 3. The largest absolute Gasteiger partial charge is 0.434 e. The van der Waals surface area contributed by atoms with Crippen LogP contribution in [0.5, 0.6) is 0 Å². The van der Waals surface area contributed by atoms with E-state index in [2.05, 4.69) is 9.82 Å². The van der Waals surface area contributed by atoms with Crippen LogP contribution < -0.4 is 16.2 Å². The number of aromatic nitrogens is 2. The first-order valence-electron chi connectivity index (χ1n) is 9.04. The summed E-state index contributed by atoms with van der Waals surface area (Å²) >= 11 is 12.1. The lowest BCUT2D eigenvalue weighted by atomic mass is 9.92. The minimum atomic E-state index is -4.47. The summed E-state index contributed by atoms with van der Waals surface area (Å²) < 4.78 is 48.3. The van der Waals surface area contributed by atoms with Gasteiger partial charge in [-0.25, -0.2) is 22.7 Å². The number of aryl methyl sites for hydroxylation is 1. The van der Waals surface area contributed by atoms with Gasteiger partial charge in [-0.2, -0.15) is 4.72 Å². The summed E-state index contributed by atoms with van der Waals surface area (Å²) in [5, 5.41) is 5.88. The van der Waals surface area contributed by atoms with Crippen molar-refractivity contribution in [1.29, 1.82) is 0 Å². The number of carbonyl (C=O) groups is 1. The number of nitrogens with two attached hydrogens (primary N) is 1. The van der Waals surface area contributed by atoms with Gasteiger partial charge in [0.2, 0.25) is 21.8 Å². The maximum atomic E-state index is 14.7. The third-order valence-corrected chi connectivity index (χ3v) is 7.01. The zero-order valence-corrected chi connectivity index (χ0v) is 19.0. The van der Waals surface area contributed by atoms with E-state index in [1.54, 1.807) is 6.92 Å². The summed E-state index contributed by atoms with van der Waals surface area (Å²) in [5.41, 5.74) is 5.47. The second-order valence-corrected chi connectivity index (χ2v) is 9.43. The topological polar surface area (TPSA) is 148 Å². The van der Waals surface area contributed by atoms with Gasteiger partial charge in [0.15, 0.2) is 0 Å². The van der Waals surface area contributed by atoms with Crippen LogP contribution in [-0.4, -0.2) is 24.5 Å². The van der Waals surface area contributed by atoms with Crippen LogP contribution in [0.4, 0.5) is 4.39 Å². The van der Waals surface area contributed by atoms with E-state index in [1.165, 1.54) is 25.1 Å². The summed E-state index contributed by atoms with van der Waals surface area (Å²) in [6.07, 6.45) is 0. The highest BCUT2D eigenvalue weighted by molar-refractivity contribution is 7.89. The quantitative estimate of drug-likeness (QED) is 0.452. The second kappa shape index (κ2) is 9.02. The van der Waals surface area contributed by atoms with Gasteiger partial charge in [-0.1, -0.05) is 36.2 Å². The standard InChI is InChI=1S/C19H17Cl2FN4O5S/c1-8-3-5-12(22)14(15(8)21)9(2)16(18-24-25-19(28)31-18)26-32(29,30)13-6-4-10(20)7-11(13)17(23)27/h3-7,9,16,26H,1-2H3,(H2,23,27)(H,25,28)/t9?,16-/m0/s1. The van der Waals surface area contributed by atoms with E-state index in [4.69, 9.17) is 33.4 Å². The van der Waals surface area contributed by atoms with Crippen LogP contribution in [0.3, 0.4) is 0 Å². The zero-order chi connectivity index (χ0) is 23.8. The Kier molecular flexibility index (Phi) is 6.75. The Morgan fingerprint density at radius 2 is 1.97 bits per heavy atom. The molecule has 0 radical (unpaired) electrons. The zero-order valence-electron chi connectivity index (χ0n) is 16.6. The third-order valence-electron chi connectivity index (χ3n) is 4.77. The van der Waals surface area contributed by atoms with Crippen LogP contribution in [0, 0.1) is 12.7 Å². The number of sulfonamides is 1. The number of benzene rings is 2. The molecule has 170 valence electrons. The molecule has 1 amide bonds. The Bertz CT molecular complexity index is 1360. The van der Waals surface area contributed by atoms with E-state index in [0.717, 1.165) is 12.1 Å². The Hall–Kier alpha value is -2.73. The maximum Gasteiger partial charge on any atom is 0.434 e. The molecule has 0 bridgehead atoms. The van der Waals surface area contributed by atoms with E-state index < -0.39 is 44.4 Å². The summed E-state index contributed by atoms with van der Waals surface area (Å²) in [4.78, 5) is 22.8. The Labute approximate surface area is 191 Å². The van der Waals surface area contributed by atoms with Gasteiger partial charge in [-0.15, -0.1) is 5.10 Å². The summed E-state index contributed by atoms with van der Waals surface area (Å²) in [5.74, 6) is -4.03. The van der Waals surface area contributed by atoms with Crippen LogP contribution in [0.1, 0.15) is 46.3 Å². The highest BCUT2D eigenvalue weighted by Gasteiger charge is 2.35. The molecule has 1 unspecified atom stereocenters. The predicted octanol–water partition coefficient (Wildman–Crippen LogP) is 3.04. The van der Waals surface area contributed by atoms with Crippen molar-refractivity contribution in [3.05, 3.63) is 79.3 Å². The number of primary amides is 1. The van der Waals surface area contributed by atoms with Gasteiger partial charge in [0.25, 0.3) is 0 Å². The Morgan fingerprint density at radius 1 is 1.28 bits per heavy atom. The van der Waals surface area contributed by atoms with E-state index in [9.17, 15) is 22.4 Å². The molecule has 4 N–H and O–H groups in total. The lowest BCUT2D eigenvalue weighted by Gasteiger charge is -2.24. The molecular formula is C19H17Cl2FN4O5S. The van der Waals surface area contributed by atoms with Crippen molar-refractivity contribution in [3.63, 3.8) is 0 Å². The fourth-order valence-electron chi connectivity index (χ4n) is 3.16. The number of halogens is 3. The molecule has 3 rings (SSSR count). The van der Waals surface area contributed by atoms with Crippen molar-refractivity contribution in [2.24, 2.45) is 5.73 Å². The molecule has 0 saturated carbocycles. The average Bonchev–Trinajstić information content (AvgIpc) is 3.15. The minimum absolute atomic E-state index is 0.0174. The molecule has 0 aliphatic rings. The average molecular weight is 503 g/mol. The molecule has 2 aromatic carbocycles. The third kappa shape index (κ3) is 4.70. The van der Waals surface area contributed by atoms with Crippen molar-refractivity contribution in [2.75, 3.05) is 0 Å². The van der Waals surface area contributed by atoms with Gasteiger partial charge in [0, 0.05) is 21.5 Å². The number of aromatic amines is 1. The summed E-state index contributed by atoms with van der Waals surface area (Å²) in [6.45, 7) is 3.13. The van der Waals surface area contributed by atoms with E-state index in [-0.39, 0.29) is 27.1 Å². The predicted molar refractivity (Wildman–Crippen MR) is 115 cm³/mol. The molecular weight excluding hydrogens is 486 g/mol.